The van der Waals surface area contributed by atoms with Gasteiger partial charge in [0, 0.05) is 4.47 Å². The third kappa shape index (κ3) is 4.08. The molecule has 1 aliphatic rings. The smallest absolute Gasteiger partial charge is 0.307 e. The molecule has 0 heterocycles. The molecule has 20 heavy (non-hydrogen) atoms. The van der Waals surface area contributed by atoms with Crippen LogP contribution in [0.15, 0.2) is 28.7 Å². The molecule has 1 saturated carbocycles. The largest absolute Gasteiger partial charge is 0.481 e. The van der Waals surface area contributed by atoms with E-state index >= 15 is 0 Å². The van der Waals surface area contributed by atoms with Crippen LogP contribution >= 0.6 is 15.9 Å². The van der Waals surface area contributed by atoms with E-state index < -0.39 is 5.97 Å². The molecule has 1 fully saturated rings. The third-order valence-electron chi connectivity index (χ3n) is 4.47. The molecule has 1 aliphatic carbocycles. The zero-order valence-corrected chi connectivity index (χ0v) is 13.8. The summed E-state index contributed by atoms with van der Waals surface area (Å²) >= 11 is 3.42. The number of benzene rings is 1. The fourth-order valence-electron chi connectivity index (χ4n) is 3.67. The lowest BCUT2D eigenvalue weighted by Gasteiger charge is -2.35. The minimum Gasteiger partial charge on any atom is -0.481 e. The van der Waals surface area contributed by atoms with Gasteiger partial charge in [-0.05, 0) is 61.1 Å². The second-order valence-corrected chi connectivity index (χ2v) is 7.37. The number of aliphatic carboxylic acids is 1. The summed E-state index contributed by atoms with van der Waals surface area (Å²) in [5.41, 5.74) is 1.12. The van der Waals surface area contributed by atoms with Crippen LogP contribution in [0.4, 0.5) is 0 Å². The molecule has 0 spiro atoms. The quantitative estimate of drug-likeness (QED) is 0.858. The lowest BCUT2D eigenvalue weighted by molar-refractivity contribution is -0.144. The van der Waals surface area contributed by atoms with E-state index in [1.165, 1.54) is 6.42 Å². The summed E-state index contributed by atoms with van der Waals surface area (Å²) in [5, 5.41) is 9.60. The van der Waals surface area contributed by atoms with Crippen LogP contribution in [0.25, 0.3) is 0 Å². The monoisotopic (exact) mass is 338 g/mol. The Balaban J connectivity index is 2.10. The summed E-state index contributed by atoms with van der Waals surface area (Å²) in [6, 6.07) is 8.02. The van der Waals surface area contributed by atoms with E-state index in [-0.39, 0.29) is 5.92 Å². The minimum atomic E-state index is -0.640. The molecule has 2 rings (SSSR count). The fraction of sp³-hybridized carbons (Fsp3) is 0.588. The second-order valence-electron chi connectivity index (χ2n) is 6.45. The Morgan fingerprint density at radius 1 is 1.20 bits per heavy atom. The lowest BCUT2D eigenvalue weighted by Crippen LogP contribution is -2.32. The molecule has 3 unspecified atom stereocenters. The molecule has 1 aromatic carbocycles. The van der Waals surface area contributed by atoms with E-state index in [1.54, 1.807) is 0 Å². The maximum atomic E-state index is 11.7. The molecule has 0 amide bonds. The van der Waals surface area contributed by atoms with Gasteiger partial charge in [-0.25, -0.2) is 0 Å². The van der Waals surface area contributed by atoms with Crippen molar-refractivity contribution in [3.05, 3.63) is 34.3 Å². The first-order chi connectivity index (χ1) is 9.45. The highest BCUT2D eigenvalue weighted by Gasteiger charge is 2.33. The molecular formula is C17H23BrO2. The van der Waals surface area contributed by atoms with E-state index in [4.69, 9.17) is 0 Å². The van der Waals surface area contributed by atoms with E-state index in [2.05, 4.69) is 29.8 Å². The van der Waals surface area contributed by atoms with Crippen molar-refractivity contribution in [1.29, 1.82) is 0 Å². The molecule has 3 atom stereocenters. The molecule has 0 bridgehead atoms. The molecule has 2 nitrogen and oxygen atoms in total. The highest BCUT2D eigenvalue weighted by atomic mass is 79.9. The third-order valence-corrected chi connectivity index (χ3v) is 5.00. The first-order valence-electron chi connectivity index (χ1n) is 7.43. The summed E-state index contributed by atoms with van der Waals surface area (Å²) in [7, 11) is 0. The van der Waals surface area contributed by atoms with E-state index in [0.29, 0.717) is 24.2 Å². The number of carboxylic acids is 1. The number of halogens is 1. The summed E-state index contributed by atoms with van der Waals surface area (Å²) in [5.74, 6) is 0.724. The van der Waals surface area contributed by atoms with Crippen molar-refractivity contribution in [2.45, 2.75) is 39.5 Å². The van der Waals surface area contributed by atoms with Gasteiger partial charge in [0.25, 0.3) is 0 Å². The predicted octanol–water partition coefficient (Wildman–Crippen LogP) is 4.76. The van der Waals surface area contributed by atoms with Crippen molar-refractivity contribution in [1.82, 2.24) is 0 Å². The Kier molecular flexibility index (Phi) is 5.25. The molecule has 0 aromatic heterocycles. The first-order valence-corrected chi connectivity index (χ1v) is 8.22. The SMILES string of the molecule is CC1CC(C)CC(C(Cc2ccc(Br)cc2)C(=O)O)C1. The molecule has 110 valence electrons. The fourth-order valence-corrected chi connectivity index (χ4v) is 3.93. The Bertz CT molecular complexity index is 445. The van der Waals surface area contributed by atoms with Crippen molar-refractivity contribution in [2.75, 3.05) is 0 Å². The minimum absolute atomic E-state index is 0.249. The van der Waals surface area contributed by atoms with Crippen LogP contribution in [0.2, 0.25) is 0 Å². The lowest BCUT2D eigenvalue weighted by atomic mass is 9.70. The van der Waals surface area contributed by atoms with Crippen molar-refractivity contribution in [3.63, 3.8) is 0 Å². The summed E-state index contributed by atoms with van der Waals surface area (Å²) < 4.78 is 1.04. The van der Waals surface area contributed by atoms with Crippen LogP contribution in [0, 0.1) is 23.7 Å². The van der Waals surface area contributed by atoms with Gasteiger partial charge in [0.1, 0.15) is 0 Å². The maximum Gasteiger partial charge on any atom is 0.307 e. The Labute approximate surface area is 129 Å². The Morgan fingerprint density at radius 3 is 2.25 bits per heavy atom. The zero-order chi connectivity index (χ0) is 14.7. The van der Waals surface area contributed by atoms with Gasteiger partial charge in [-0.15, -0.1) is 0 Å². The normalized spacial score (nSPS) is 28.1. The van der Waals surface area contributed by atoms with Gasteiger partial charge >= 0.3 is 5.97 Å². The molecule has 0 saturated heterocycles. The topological polar surface area (TPSA) is 37.3 Å². The average molecular weight is 339 g/mol. The van der Waals surface area contributed by atoms with Crippen molar-refractivity contribution in [3.8, 4) is 0 Å². The number of rotatable bonds is 4. The van der Waals surface area contributed by atoms with Crippen molar-refractivity contribution in [2.24, 2.45) is 23.7 Å². The van der Waals surface area contributed by atoms with Crippen molar-refractivity contribution >= 4 is 21.9 Å². The first kappa shape index (κ1) is 15.6. The molecular weight excluding hydrogens is 316 g/mol. The Hall–Kier alpha value is -0.830. The van der Waals surface area contributed by atoms with Crippen LogP contribution in [-0.2, 0) is 11.2 Å². The van der Waals surface area contributed by atoms with Gasteiger partial charge in [-0.2, -0.15) is 0 Å². The summed E-state index contributed by atoms with van der Waals surface area (Å²) in [4.78, 5) is 11.7. The number of hydrogen-bond acceptors (Lipinski definition) is 1. The van der Waals surface area contributed by atoms with Crippen LogP contribution in [0.1, 0.15) is 38.7 Å². The average Bonchev–Trinajstić information content (AvgIpc) is 2.36. The molecule has 1 aromatic rings. The van der Waals surface area contributed by atoms with E-state index in [0.717, 1.165) is 22.9 Å². The molecule has 0 aliphatic heterocycles. The van der Waals surface area contributed by atoms with Gasteiger partial charge in [0.15, 0.2) is 0 Å². The van der Waals surface area contributed by atoms with Gasteiger partial charge in [0.2, 0.25) is 0 Å². The van der Waals surface area contributed by atoms with E-state index in [1.807, 2.05) is 24.3 Å². The standard InChI is InChI=1S/C17H23BrO2/c1-11-7-12(2)9-14(8-11)16(17(19)20)10-13-3-5-15(18)6-4-13/h3-6,11-12,14,16H,7-10H2,1-2H3,(H,19,20). The number of carbonyl (C=O) groups is 1. The van der Waals surface area contributed by atoms with Gasteiger partial charge in [-0.1, -0.05) is 41.9 Å². The van der Waals surface area contributed by atoms with Gasteiger partial charge in [-0.3, -0.25) is 4.79 Å². The number of hydrogen-bond donors (Lipinski definition) is 1. The van der Waals surface area contributed by atoms with Gasteiger partial charge in [0.05, 0.1) is 5.92 Å². The summed E-state index contributed by atoms with van der Waals surface area (Å²) in [6.07, 6.45) is 3.99. The molecule has 1 N–H and O–H groups in total. The molecule has 3 heteroatoms. The van der Waals surface area contributed by atoms with Crippen LogP contribution < -0.4 is 0 Å². The highest BCUT2D eigenvalue weighted by molar-refractivity contribution is 9.10. The van der Waals surface area contributed by atoms with Crippen molar-refractivity contribution < 1.29 is 9.90 Å². The predicted molar refractivity (Wildman–Crippen MR) is 84.6 cm³/mol. The maximum absolute atomic E-state index is 11.7. The van der Waals surface area contributed by atoms with Gasteiger partial charge < -0.3 is 5.11 Å². The van der Waals surface area contributed by atoms with E-state index in [9.17, 15) is 9.90 Å². The summed E-state index contributed by atoms with van der Waals surface area (Å²) in [6.45, 7) is 4.50. The number of carboxylic acid groups (broad SMARTS) is 1. The van der Waals surface area contributed by atoms with Crippen LogP contribution in [-0.4, -0.2) is 11.1 Å². The highest BCUT2D eigenvalue weighted by Crippen LogP contribution is 2.38. The molecule has 0 radical (unpaired) electrons. The zero-order valence-electron chi connectivity index (χ0n) is 12.2. The Morgan fingerprint density at radius 2 is 1.75 bits per heavy atom. The van der Waals surface area contributed by atoms with Crippen LogP contribution in [0.3, 0.4) is 0 Å². The van der Waals surface area contributed by atoms with Crippen LogP contribution in [0.5, 0.6) is 0 Å². The second kappa shape index (κ2) is 6.75.